The Kier molecular flexibility index (Phi) is 5.08. The predicted molar refractivity (Wildman–Crippen MR) is 78.4 cm³/mol. The molecule has 0 saturated carbocycles. The number of hydrogen-bond donors (Lipinski definition) is 0. The van der Waals surface area contributed by atoms with Gasteiger partial charge < -0.3 is 9.47 Å². The van der Waals surface area contributed by atoms with E-state index >= 15 is 0 Å². The second-order valence-corrected chi connectivity index (χ2v) is 5.34. The molecule has 2 rings (SSSR count). The number of amides is 1. The van der Waals surface area contributed by atoms with Crippen molar-refractivity contribution in [1.29, 1.82) is 0 Å². The van der Waals surface area contributed by atoms with Gasteiger partial charge in [0.15, 0.2) is 0 Å². The molecule has 0 aliphatic heterocycles. The van der Waals surface area contributed by atoms with Crippen LogP contribution in [0.1, 0.15) is 19.2 Å². The van der Waals surface area contributed by atoms with Crippen LogP contribution in [0.25, 0.3) is 0 Å². The lowest BCUT2D eigenvalue weighted by Gasteiger charge is -2.21. The SMILES string of the molecule is CC(Cn1cncn1)C(=O)N(C)CCCc1nccn1C. The fourth-order valence-electron chi connectivity index (χ4n) is 2.28. The third-order valence-corrected chi connectivity index (χ3v) is 3.54. The first-order chi connectivity index (χ1) is 10.1. The molecular weight excluding hydrogens is 268 g/mol. The molecule has 0 aliphatic carbocycles. The van der Waals surface area contributed by atoms with Gasteiger partial charge in [0.25, 0.3) is 0 Å². The predicted octanol–water partition coefficient (Wildman–Crippen LogP) is 0.739. The van der Waals surface area contributed by atoms with Crippen LogP contribution in [0.2, 0.25) is 0 Å². The van der Waals surface area contributed by atoms with E-state index in [1.807, 2.05) is 31.8 Å². The topological polar surface area (TPSA) is 68.8 Å². The number of imidazole rings is 1. The van der Waals surface area contributed by atoms with Crippen LogP contribution in [0.3, 0.4) is 0 Å². The molecule has 114 valence electrons. The zero-order chi connectivity index (χ0) is 15.2. The van der Waals surface area contributed by atoms with Crippen molar-refractivity contribution in [2.24, 2.45) is 13.0 Å². The van der Waals surface area contributed by atoms with Gasteiger partial charge in [0.05, 0.1) is 12.5 Å². The van der Waals surface area contributed by atoms with E-state index in [9.17, 15) is 4.79 Å². The highest BCUT2D eigenvalue weighted by atomic mass is 16.2. The minimum atomic E-state index is -0.107. The average molecular weight is 290 g/mol. The minimum absolute atomic E-state index is 0.107. The number of carbonyl (C=O) groups excluding carboxylic acids is 1. The average Bonchev–Trinajstić information content (AvgIpc) is 3.10. The van der Waals surface area contributed by atoms with Crippen LogP contribution in [-0.4, -0.2) is 48.7 Å². The van der Waals surface area contributed by atoms with Gasteiger partial charge in [-0.1, -0.05) is 6.92 Å². The van der Waals surface area contributed by atoms with Crippen LogP contribution in [0.4, 0.5) is 0 Å². The number of aryl methyl sites for hydroxylation is 2. The second-order valence-electron chi connectivity index (χ2n) is 5.34. The summed E-state index contributed by atoms with van der Waals surface area (Å²) in [5.41, 5.74) is 0. The van der Waals surface area contributed by atoms with E-state index in [4.69, 9.17) is 0 Å². The summed E-state index contributed by atoms with van der Waals surface area (Å²) in [6.45, 7) is 3.20. The molecule has 0 N–H and O–H groups in total. The molecule has 0 fully saturated rings. The highest BCUT2D eigenvalue weighted by Crippen LogP contribution is 2.06. The van der Waals surface area contributed by atoms with Gasteiger partial charge in [-0.2, -0.15) is 5.10 Å². The molecule has 0 aromatic carbocycles. The molecule has 0 aliphatic rings. The smallest absolute Gasteiger partial charge is 0.227 e. The fourth-order valence-corrected chi connectivity index (χ4v) is 2.28. The van der Waals surface area contributed by atoms with Gasteiger partial charge in [-0.25, -0.2) is 9.97 Å². The van der Waals surface area contributed by atoms with E-state index < -0.39 is 0 Å². The summed E-state index contributed by atoms with van der Waals surface area (Å²) < 4.78 is 3.69. The van der Waals surface area contributed by atoms with E-state index in [-0.39, 0.29) is 11.8 Å². The van der Waals surface area contributed by atoms with Crippen molar-refractivity contribution in [3.8, 4) is 0 Å². The number of rotatable bonds is 7. The van der Waals surface area contributed by atoms with Crippen LogP contribution in [0.15, 0.2) is 25.0 Å². The summed E-state index contributed by atoms with van der Waals surface area (Å²) in [6, 6.07) is 0. The lowest BCUT2D eigenvalue weighted by molar-refractivity contribution is -0.134. The van der Waals surface area contributed by atoms with Gasteiger partial charge >= 0.3 is 0 Å². The molecule has 7 nitrogen and oxygen atoms in total. The molecule has 0 spiro atoms. The van der Waals surface area contributed by atoms with Crippen LogP contribution in [-0.2, 0) is 24.8 Å². The van der Waals surface area contributed by atoms with Crippen molar-refractivity contribution >= 4 is 5.91 Å². The highest BCUT2D eigenvalue weighted by Gasteiger charge is 2.18. The standard InChI is InChI=1S/C14H22N6O/c1-12(9-20-11-15-10-17-20)14(21)19(3)7-4-5-13-16-6-8-18(13)2/h6,8,10-12H,4-5,7,9H2,1-3H3. The van der Waals surface area contributed by atoms with Crippen LogP contribution in [0.5, 0.6) is 0 Å². The monoisotopic (exact) mass is 290 g/mol. The minimum Gasteiger partial charge on any atom is -0.345 e. The summed E-state index contributed by atoms with van der Waals surface area (Å²) in [4.78, 5) is 22.2. The summed E-state index contributed by atoms with van der Waals surface area (Å²) in [6.07, 6.45) is 8.62. The van der Waals surface area contributed by atoms with E-state index in [1.54, 1.807) is 22.1 Å². The zero-order valence-electron chi connectivity index (χ0n) is 12.8. The van der Waals surface area contributed by atoms with Crippen LogP contribution >= 0.6 is 0 Å². The number of aromatic nitrogens is 5. The first kappa shape index (κ1) is 15.2. The molecule has 1 amide bonds. The molecule has 1 atom stereocenters. The maximum Gasteiger partial charge on any atom is 0.227 e. The number of carbonyl (C=O) groups is 1. The van der Waals surface area contributed by atoms with Gasteiger partial charge in [0, 0.05) is 39.5 Å². The largest absolute Gasteiger partial charge is 0.345 e. The van der Waals surface area contributed by atoms with Crippen molar-refractivity contribution in [3.05, 3.63) is 30.9 Å². The molecule has 0 saturated heterocycles. The Bertz CT molecular complexity index is 562. The van der Waals surface area contributed by atoms with Crippen molar-refractivity contribution < 1.29 is 4.79 Å². The van der Waals surface area contributed by atoms with Crippen LogP contribution < -0.4 is 0 Å². The van der Waals surface area contributed by atoms with E-state index in [0.29, 0.717) is 6.54 Å². The summed E-state index contributed by atoms with van der Waals surface area (Å²) >= 11 is 0. The zero-order valence-corrected chi connectivity index (χ0v) is 12.8. The molecule has 0 bridgehead atoms. The molecule has 2 heterocycles. The van der Waals surface area contributed by atoms with Gasteiger partial charge in [0.2, 0.25) is 5.91 Å². The molecule has 21 heavy (non-hydrogen) atoms. The van der Waals surface area contributed by atoms with E-state index in [0.717, 1.165) is 25.2 Å². The first-order valence-corrected chi connectivity index (χ1v) is 7.11. The molecule has 7 heteroatoms. The van der Waals surface area contributed by atoms with Crippen LogP contribution in [0, 0.1) is 5.92 Å². The normalized spacial score (nSPS) is 12.3. The lowest BCUT2D eigenvalue weighted by atomic mass is 10.1. The third-order valence-electron chi connectivity index (χ3n) is 3.54. The molecule has 2 aromatic rings. The maximum absolute atomic E-state index is 12.3. The number of hydrogen-bond acceptors (Lipinski definition) is 4. The Labute approximate surface area is 124 Å². The third kappa shape index (κ3) is 4.14. The van der Waals surface area contributed by atoms with Gasteiger partial charge in [-0.05, 0) is 6.42 Å². The molecular formula is C14H22N6O. The van der Waals surface area contributed by atoms with E-state index in [1.165, 1.54) is 6.33 Å². The number of nitrogens with zero attached hydrogens (tertiary/aromatic N) is 6. The molecule has 0 radical (unpaired) electrons. The maximum atomic E-state index is 12.3. The Balaban J connectivity index is 1.75. The van der Waals surface area contributed by atoms with Crippen molar-refractivity contribution in [2.75, 3.05) is 13.6 Å². The van der Waals surface area contributed by atoms with Gasteiger partial charge in [-0.3, -0.25) is 9.48 Å². The Morgan fingerprint density at radius 1 is 1.48 bits per heavy atom. The first-order valence-electron chi connectivity index (χ1n) is 7.11. The van der Waals surface area contributed by atoms with Gasteiger partial charge in [0.1, 0.15) is 18.5 Å². The molecule has 1 unspecified atom stereocenters. The summed E-state index contributed by atoms with van der Waals surface area (Å²) in [5, 5.41) is 4.03. The van der Waals surface area contributed by atoms with Crippen molar-refractivity contribution in [1.82, 2.24) is 29.2 Å². The lowest BCUT2D eigenvalue weighted by Crippen LogP contribution is -2.34. The van der Waals surface area contributed by atoms with Gasteiger partial charge in [-0.15, -0.1) is 0 Å². The van der Waals surface area contributed by atoms with E-state index in [2.05, 4.69) is 15.1 Å². The molecule has 2 aromatic heterocycles. The highest BCUT2D eigenvalue weighted by molar-refractivity contribution is 5.78. The quantitative estimate of drug-likeness (QED) is 0.754. The summed E-state index contributed by atoms with van der Waals surface area (Å²) in [7, 11) is 3.83. The van der Waals surface area contributed by atoms with Crippen molar-refractivity contribution in [3.63, 3.8) is 0 Å². The Hall–Kier alpha value is -2.18. The summed E-state index contributed by atoms with van der Waals surface area (Å²) in [5.74, 6) is 1.07. The Morgan fingerprint density at radius 2 is 2.29 bits per heavy atom. The van der Waals surface area contributed by atoms with Crippen molar-refractivity contribution in [2.45, 2.75) is 26.3 Å². The fraction of sp³-hybridized carbons (Fsp3) is 0.571. The second kappa shape index (κ2) is 7.01. The Morgan fingerprint density at radius 3 is 2.90 bits per heavy atom.